The number of aliphatic hydroxyl groups is 2. The molecule has 0 radical (unpaired) electrons. The Bertz CT molecular complexity index is 1140. The third kappa shape index (κ3) is 8.19. The third-order valence-electron chi connectivity index (χ3n) is 5.41. The minimum Gasteiger partial charge on any atom is -0.471 e. The number of urea groups is 1. The van der Waals surface area contributed by atoms with Gasteiger partial charge in [0.25, 0.3) is 5.91 Å². The van der Waals surface area contributed by atoms with E-state index in [9.17, 15) is 33.4 Å². The molecule has 1 aliphatic rings. The molecule has 4 amide bonds. The van der Waals surface area contributed by atoms with Crippen molar-refractivity contribution in [3.05, 3.63) is 39.9 Å². The standard InChI is InChI=1S/C22H26ClF2N5O7S/c23-11-5-15(24)14(16(25)6-11)10-37-20-18(19(26)34)21(38-29-20)28-22(35)27-9-13(32)7-12(31)8-17(33)30-1-3-36-4-2-30/h5-6,12-13,31-32H,1-4,7-10H2,(H2,26,34)(H2,27,28,35). The minimum atomic E-state index is -1.17. The summed E-state index contributed by atoms with van der Waals surface area (Å²) in [6, 6.07) is 0.952. The molecule has 2 unspecified atom stereocenters. The largest absolute Gasteiger partial charge is 0.471 e. The lowest BCUT2D eigenvalue weighted by Gasteiger charge is -2.28. The van der Waals surface area contributed by atoms with Crippen molar-refractivity contribution in [3.8, 4) is 5.88 Å². The van der Waals surface area contributed by atoms with Crippen molar-refractivity contribution in [2.45, 2.75) is 31.7 Å². The fourth-order valence-corrected chi connectivity index (χ4v) is 4.44. The first-order valence-corrected chi connectivity index (χ1v) is 12.5. The number of aliphatic hydroxyl groups excluding tert-OH is 2. The fraction of sp³-hybridized carbons (Fsp3) is 0.455. The van der Waals surface area contributed by atoms with E-state index in [-0.39, 0.29) is 46.8 Å². The highest BCUT2D eigenvalue weighted by Gasteiger charge is 2.24. The Morgan fingerprint density at radius 1 is 1.21 bits per heavy atom. The van der Waals surface area contributed by atoms with Crippen LogP contribution in [-0.2, 0) is 16.1 Å². The van der Waals surface area contributed by atoms with Crippen LogP contribution < -0.4 is 21.1 Å². The van der Waals surface area contributed by atoms with Gasteiger partial charge in [0.2, 0.25) is 11.8 Å². The van der Waals surface area contributed by atoms with Crippen LogP contribution in [-0.4, -0.2) is 82.4 Å². The van der Waals surface area contributed by atoms with Crippen molar-refractivity contribution in [2.24, 2.45) is 5.73 Å². The van der Waals surface area contributed by atoms with Crippen LogP contribution in [0.1, 0.15) is 28.8 Å². The summed E-state index contributed by atoms with van der Waals surface area (Å²) < 4.78 is 42.3. The second-order valence-corrected chi connectivity index (χ2v) is 9.48. The Balaban J connectivity index is 1.50. The number of benzene rings is 1. The molecule has 0 aliphatic carbocycles. The molecule has 38 heavy (non-hydrogen) atoms. The molecule has 2 atom stereocenters. The number of halogens is 3. The van der Waals surface area contributed by atoms with E-state index >= 15 is 0 Å². The molecule has 12 nitrogen and oxygen atoms in total. The second kappa shape index (κ2) is 13.6. The summed E-state index contributed by atoms with van der Waals surface area (Å²) in [6.07, 6.45) is -2.64. The van der Waals surface area contributed by atoms with Gasteiger partial charge in [0.15, 0.2) is 0 Å². The van der Waals surface area contributed by atoms with Crippen molar-refractivity contribution in [3.63, 3.8) is 0 Å². The van der Waals surface area contributed by atoms with Gasteiger partial charge in [0.05, 0.1) is 37.4 Å². The van der Waals surface area contributed by atoms with E-state index in [4.69, 9.17) is 26.8 Å². The van der Waals surface area contributed by atoms with E-state index in [0.717, 1.165) is 12.1 Å². The number of amides is 4. The molecule has 2 heterocycles. The van der Waals surface area contributed by atoms with Crippen LogP contribution in [0, 0.1) is 11.6 Å². The molecular weight excluding hydrogens is 552 g/mol. The van der Waals surface area contributed by atoms with Crippen molar-refractivity contribution < 1.29 is 42.9 Å². The highest BCUT2D eigenvalue weighted by atomic mass is 35.5. The van der Waals surface area contributed by atoms with Gasteiger partial charge in [-0.2, -0.15) is 4.37 Å². The summed E-state index contributed by atoms with van der Waals surface area (Å²) in [4.78, 5) is 38.0. The number of anilines is 1. The number of nitrogens with two attached hydrogens (primary N) is 1. The average Bonchev–Trinajstić information content (AvgIpc) is 3.25. The molecule has 0 bridgehead atoms. The summed E-state index contributed by atoms with van der Waals surface area (Å²) in [5.74, 6) is -3.55. The van der Waals surface area contributed by atoms with Crippen LogP contribution in [0.5, 0.6) is 5.88 Å². The lowest BCUT2D eigenvalue weighted by atomic mass is 10.1. The van der Waals surface area contributed by atoms with Gasteiger partial charge < -0.3 is 35.6 Å². The third-order valence-corrected chi connectivity index (χ3v) is 6.37. The van der Waals surface area contributed by atoms with E-state index in [1.54, 1.807) is 4.90 Å². The summed E-state index contributed by atoms with van der Waals surface area (Å²) in [5.41, 5.74) is 4.59. The van der Waals surface area contributed by atoms with Crippen molar-refractivity contribution in [1.82, 2.24) is 14.6 Å². The van der Waals surface area contributed by atoms with Crippen molar-refractivity contribution in [1.29, 1.82) is 0 Å². The number of morpholine rings is 1. The molecule has 0 spiro atoms. The van der Waals surface area contributed by atoms with E-state index < -0.39 is 48.0 Å². The van der Waals surface area contributed by atoms with Crippen molar-refractivity contribution in [2.75, 3.05) is 38.2 Å². The molecule has 16 heteroatoms. The number of hydrogen-bond acceptors (Lipinski definition) is 9. The maximum Gasteiger partial charge on any atom is 0.320 e. The first kappa shape index (κ1) is 29.4. The van der Waals surface area contributed by atoms with Gasteiger partial charge in [0, 0.05) is 31.1 Å². The molecule has 1 fully saturated rings. The van der Waals surface area contributed by atoms with E-state index in [2.05, 4.69) is 15.0 Å². The Morgan fingerprint density at radius 3 is 2.50 bits per heavy atom. The number of nitrogens with one attached hydrogen (secondary N) is 2. The van der Waals surface area contributed by atoms with Gasteiger partial charge in [-0.15, -0.1) is 0 Å². The summed E-state index contributed by atoms with van der Waals surface area (Å²) in [5, 5.41) is 24.7. The van der Waals surface area contributed by atoms with Gasteiger partial charge in [-0.25, -0.2) is 13.6 Å². The number of hydrogen-bond donors (Lipinski definition) is 5. The molecular formula is C22H26ClF2N5O7S. The quantitative estimate of drug-likeness (QED) is 0.265. The molecule has 2 aromatic rings. The number of primary amides is 1. The molecule has 1 aromatic carbocycles. The van der Waals surface area contributed by atoms with Gasteiger partial charge in [0.1, 0.15) is 28.8 Å². The second-order valence-electron chi connectivity index (χ2n) is 8.27. The minimum absolute atomic E-state index is 0.104. The molecule has 3 rings (SSSR count). The Hall–Kier alpha value is -3.11. The van der Waals surface area contributed by atoms with Gasteiger partial charge in [-0.05, 0) is 23.7 Å². The monoisotopic (exact) mass is 577 g/mol. The number of rotatable bonds is 11. The maximum atomic E-state index is 14.0. The summed E-state index contributed by atoms with van der Waals surface area (Å²) in [6.45, 7) is 0.803. The molecule has 6 N–H and O–H groups in total. The predicted octanol–water partition coefficient (Wildman–Crippen LogP) is 1.23. The first-order chi connectivity index (χ1) is 18.0. The molecule has 1 saturated heterocycles. The number of ether oxygens (including phenoxy) is 2. The Kier molecular flexibility index (Phi) is 10.6. The fourth-order valence-electron chi connectivity index (χ4n) is 3.51. The van der Waals surface area contributed by atoms with Gasteiger partial charge >= 0.3 is 6.03 Å². The predicted molar refractivity (Wildman–Crippen MR) is 132 cm³/mol. The zero-order valence-electron chi connectivity index (χ0n) is 19.9. The van der Waals surface area contributed by atoms with E-state index in [0.29, 0.717) is 37.8 Å². The molecule has 1 aromatic heterocycles. The summed E-state index contributed by atoms with van der Waals surface area (Å²) >= 11 is 6.23. The van der Waals surface area contributed by atoms with Crippen LogP contribution in [0.2, 0.25) is 5.02 Å². The molecule has 1 aliphatic heterocycles. The highest BCUT2D eigenvalue weighted by molar-refractivity contribution is 7.11. The van der Waals surface area contributed by atoms with Gasteiger partial charge in [-0.1, -0.05) is 11.6 Å². The highest BCUT2D eigenvalue weighted by Crippen LogP contribution is 2.31. The number of carbonyl (C=O) groups excluding carboxylic acids is 3. The maximum absolute atomic E-state index is 14.0. The lowest BCUT2D eigenvalue weighted by Crippen LogP contribution is -2.42. The number of carbonyl (C=O) groups is 3. The van der Waals surface area contributed by atoms with E-state index in [1.807, 2.05) is 0 Å². The van der Waals surface area contributed by atoms with Gasteiger partial charge in [-0.3, -0.25) is 14.9 Å². The SMILES string of the molecule is NC(=O)c1c(OCc2c(F)cc(Cl)cc2F)nsc1NC(=O)NCC(O)CC(O)CC(=O)N1CCOCC1. The lowest BCUT2D eigenvalue weighted by molar-refractivity contribution is -0.137. The normalized spacial score (nSPS) is 15.0. The number of aromatic nitrogens is 1. The molecule has 208 valence electrons. The van der Waals surface area contributed by atoms with Crippen LogP contribution in [0.3, 0.4) is 0 Å². The Morgan fingerprint density at radius 2 is 1.87 bits per heavy atom. The topological polar surface area (TPSA) is 176 Å². The molecule has 0 saturated carbocycles. The zero-order valence-corrected chi connectivity index (χ0v) is 21.5. The Labute approximate surface area is 224 Å². The van der Waals surface area contributed by atoms with Crippen LogP contribution in [0.4, 0.5) is 18.6 Å². The zero-order chi connectivity index (χ0) is 27.8. The van der Waals surface area contributed by atoms with Crippen LogP contribution in [0.25, 0.3) is 0 Å². The average molecular weight is 578 g/mol. The smallest absolute Gasteiger partial charge is 0.320 e. The van der Waals surface area contributed by atoms with Crippen LogP contribution >= 0.6 is 23.1 Å². The number of nitrogens with zero attached hydrogens (tertiary/aromatic N) is 2. The van der Waals surface area contributed by atoms with Crippen molar-refractivity contribution >= 4 is 46.0 Å². The summed E-state index contributed by atoms with van der Waals surface area (Å²) in [7, 11) is 0. The van der Waals surface area contributed by atoms with Crippen LogP contribution in [0.15, 0.2) is 12.1 Å². The first-order valence-electron chi connectivity index (χ1n) is 11.4. The van der Waals surface area contributed by atoms with E-state index in [1.165, 1.54) is 0 Å².